The molecule has 0 aliphatic rings. The Morgan fingerprint density at radius 3 is 2.48 bits per heavy atom. The first-order chi connectivity index (χ1) is 13.0. The number of amides is 1. The van der Waals surface area contributed by atoms with E-state index in [0.717, 1.165) is 11.3 Å². The zero-order valence-electron chi connectivity index (χ0n) is 15.4. The summed E-state index contributed by atoms with van der Waals surface area (Å²) in [5, 5.41) is 7.55. The largest absolute Gasteiger partial charge is 0.339 e. The summed E-state index contributed by atoms with van der Waals surface area (Å²) in [6.45, 7) is 4.28. The first kappa shape index (κ1) is 19.1. The lowest BCUT2D eigenvalue weighted by Crippen LogP contribution is -2.11. The van der Waals surface area contributed by atoms with Crippen LogP contribution in [0.15, 0.2) is 53.1 Å². The predicted octanol–water partition coefficient (Wildman–Crippen LogP) is 5.47. The predicted molar refractivity (Wildman–Crippen MR) is 107 cm³/mol. The minimum Gasteiger partial charge on any atom is -0.339 e. The van der Waals surface area contributed by atoms with Gasteiger partial charge in [0.2, 0.25) is 17.6 Å². The van der Waals surface area contributed by atoms with E-state index in [1.165, 1.54) is 5.56 Å². The number of rotatable bonds is 7. The molecular weight excluding hydrogens is 362 g/mol. The van der Waals surface area contributed by atoms with Crippen molar-refractivity contribution in [1.29, 1.82) is 0 Å². The highest BCUT2D eigenvalue weighted by Gasteiger charge is 2.10. The third-order valence-electron chi connectivity index (χ3n) is 4.23. The summed E-state index contributed by atoms with van der Waals surface area (Å²) in [7, 11) is 0. The van der Waals surface area contributed by atoms with Crippen molar-refractivity contribution >= 4 is 23.2 Å². The van der Waals surface area contributed by atoms with Gasteiger partial charge in [-0.2, -0.15) is 4.98 Å². The van der Waals surface area contributed by atoms with Crippen LogP contribution in [0.5, 0.6) is 0 Å². The fourth-order valence-electron chi connectivity index (χ4n) is 2.65. The Hall–Kier alpha value is -2.66. The molecule has 0 aliphatic carbocycles. The summed E-state index contributed by atoms with van der Waals surface area (Å²) in [6, 6.07) is 15.2. The number of anilines is 1. The van der Waals surface area contributed by atoms with Gasteiger partial charge in [-0.15, -0.1) is 0 Å². The van der Waals surface area contributed by atoms with Gasteiger partial charge < -0.3 is 9.84 Å². The number of hydrogen-bond donors (Lipinski definition) is 1. The van der Waals surface area contributed by atoms with Crippen molar-refractivity contribution in [3.8, 4) is 11.4 Å². The molecule has 140 valence electrons. The Morgan fingerprint density at radius 1 is 1.11 bits per heavy atom. The van der Waals surface area contributed by atoms with E-state index in [4.69, 9.17) is 16.1 Å². The second-order valence-electron chi connectivity index (χ2n) is 6.70. The van der Waals surface area contributed by atoms with Crippen molar-refractivity contribution in [1.82, 2.24) is 10.1 Å². The molecule has 2 aromatic carbocycles. The van der Waals surface area contributed by atoms with Crippen LogP contribution in [0, 0.1) is 0 Å². The number of nitrogens with one attached hydrogen (secondary N) is 1. The third-order valence-corrected chi connectivity index (χ3v) is 4.48. The average Bonchev–Trinajstić information content (AvgIpc) is 3.11. The molecule has 1 heterocycles. The first-order valence-corrected chi connectivity index (χ1v) is 9.37. The summed E-state index contributed by atoms with van der Waals surface area (Å²) < 4.78 is 5.26. The highest BCUT2D eigenvalue weighted by atomic mass is 35.5. The lowest BCUT2D eigenvalue weighted by Gasteiger charge is -2.08. The lowest BCUT2D eigenvalue weighted by molar-refractivity contribution is -0.116. The summed E-state index contributed by atoms with van der Waals surface area (Å²) >= 11 is 5.88. The Balaban J connectivity index is 1.47. The quantitative estimate of drug-likeness (QED) is 0.587. The van der Waals surface area contributed by atoms with Gasteiger partial charge in [-0.3, -0.25) is 4.79 Å². The molecule has 5 nitrogen and oxygen atoms in total. The van der Waals surface area contributed by atoms with Crippen LogP contribution in [0.2, 0.25) is 5.02 Å². The molecule has 0 unspecified atom stereocenters. The fraction of sp³-hybridized carbons (Fsp3) is 0.286. The van der Waals surface area contributed by atoms with Crippen molar-refractivity contribution in [2.75, 3.05) is 5.32 Å². The van der Waals surface area contributed by atoms with Crippen LogP contribution >= 0.6 is 11.6 Å². The van der Waals surface area contributed by atoms with Gasteiger partial charge in [-0.05, 0) is 54.3 Å². The molecular formula is C21H22ClN3O2. The van der Waals surface area contributed by atoms with Gasteiger partial charge in [0.25, 0.3) is 0 Å². The molecule has 6 heteroatoms. The lowest BCUT2D eigenvalue weighted by atomic mass is 10.0. The van der Waals surface area contributed by atoms with Crippen molar-refractivity contribution in [3.63, 3.8) is 0 Å². The maximum atomic E-state index is 12.1. The molecule has 0 radical (unpaired) electrons. The normalized spacial score (nSPS) is 11.0. The molecule has 3 rings (SSSR count). The van der Waals surface area contributed by atoms with Crippen LogP contribution in [0.3, 0.4) is 0 Å². The number of nitrogens with zero attached hydrogens (tertiary/aromatic N) is 2. The summed E-state index contributed by atoms with van der Waals surface area (Å²) in [5.74, 6) is 1.50. The number of aryl methyl sites for hydroxylation is 1. The van der Waals surface area contributed by atoms with Crippen LogP contribution in [0.1, 0.15) is 44.1 Å². The van der Waals surface area contributed by atoms with Gasteiger partial charge >= 0.3 is 0 Å². The molecule has 0 fully saturated rings. The Bertz CT molecular complexity index is 887. The maximum Gasteiger partial charge on any atom is 0.226 e. The minimum absolute atomic E-state index is 0.0234. The molecule has 0 bridgehead atoms. The van der Waals surface area contributed by atoms with Crippen LogP contribution < -0.4 is 5.32 Å². The van der Waals surface area contributed by atoms with Crippen molar-refractivity contribution < 1.29 is 9.32 Å². The topological polar surface area (TPSA) is 68.0 Å². The number of halogens is 1. The van der Waals surface area contributed by atoms with Crippen molar-refractivity contribution in [3.05, 3.63) is 65.0 Å². The molecule has 0 saturated carbocycles. The van der Waals surface area contributed by atoms with Crippen LogP contribution in [-0.4, -0.2) is 16.0 Å². The second kappa shape index (κ2) is 8.82. The molecule has 3 aromatic rings. The summed E-state index contributed by atoms with van der Waals surface area (Å²) in [6.07, 6.45) is 1.59. The van der Waals surface area contributed by atoms with E-state index in [2.05, 4.69) is 29.3 Å². The van der Waals surface area contributed by atoms with E-state index >= 15 is 0 Å². The highest BCUT2D eigenvalue weighted by molar-refractivity contribution is 6.30. The van der Waals surface area contributed by atoms with Crippen LogP contribution in [0.4, 0.5) is 5.69 Å². The van der Waals surface area contributed by atoms with E-state index in [1.54, 1.807) is 12.1 Å². The van der Waals surface area contributed by atoms with E-state index in [9.17, 15) is 4.79 Å². The SMILES string of the molecule is CC(C)c1ccc(NC(=O)CCCc2nc(-c3ccc(Cl)cc3)no2)cc1. The van der Waals surface area contributed by atoms with Gasteiger partial charge in [-0.25, -0.2) is 0 Å². The minimum atomic E-state index is -0.0234. The molecule has 0 saturated heterocycles. The van der Waals surface area contributed by atoms with Gasteiger partial charge in [0, 0.05) is 29.1 Å². The molecule has 1 aromatic heterocycles. The van der Waals surface area contributed by atoms with E-state index < -0.39 is 0 Å². The molecule has 1 amide bonds. The van der Waals surface area contributed by atoms with Crippen LogP contribution in [-0.2, 0) is 11.2 Å². The number of benzene rings is 2. The molecule has 0 atom stereocenters. The average molecular weight is 384 g/mol. The molecule has 27 heavy (non-hydrogen) atoms. The molecule has 0 spiro atoms. The first-order valence-electron chi connectivity index (χ1n) is 8.99. The summed E-state index contributed by atoms with van der Waals surface area (Å²) in [5.41, 5.74) is 2.91. The number of hydrogen-bond acceptors (Lipinski definition) is 4. The zero-order chi connectivity index (χ0) is 19.2. The van der Waals surface area contributed by atoms with Gasteiger partial charge in [0.05, 0.1) is 0 Å². The maximum absolute atomic E-state index is 12.1. The molecule has 0 aliphatic heterocycles. The molecule has 1 N–H and O–H groups in total. The number of carbonyl (C=O) groups excluding carboxylic acids is 1. The van der Waals surface area contributed by atoms with Crippen molar-refractivity contribution in [2.24, 2.45) is 0 Å². The van der Waals surface area contributed by atoms with Gasteiger partial charge in [-0.1, -0.05) is 42.7 Å². The van der Waals surface area contributed by atoms with Crippen molar-refractivity contribution in [2.45, 2.75) is 39.0 Å². The zero-order valence-corrected chi connectivity index (χ0v) is 16.2. The number of carbonyl (C=O) groups is 1. The van der Waals surface area contributed by atoms with E-state index in [-0.39, 0.29) is 5.91 Å². The van der Waals surface area contributed by atoms with E-state index in [1.807, 2.05) is 36.4 Å². The van der Waals surface area contributed by atoms with E-state index in [0.29, 0.717) is 41.9 Å². The second-order valence-corrected chi connectivity index (χ2v) is 7.13. The van der Waals surface area contributed by atoms with Gasteiger partial charge in [0.15, 0.2) is 0 Å². The number of aromatic nitrogens is 2. The Morgan fingerprint density at radius 2 is 1.81 bits per heavy atom. The third kappa shape index (κ3) is 5.41. The fourth-order valence-corrected chi connectivity index (χ4v) is 2.77. The summed E-state index contributed by atoms with van der Waals surface area (Å²) in [4.78, 5) is 16.5. The van der Waals surface area contributed by atoms with Gasteiger partial charge in [0.1, 0.15) is 0 Å². The Kier molecular flexibility index (Phi) is 6.24. The van der Waals surface area contributed by atoms with Crippen LogP contribution in [0.25, 0.3) is 11.4 Å². The standard InChI is InChI=1S/C21H22ClN3O2/c1-14(2)15-8-12-18(13-9-15)23-19(26)4-3-5-20-24-21(25-27-20)16-6-10-17(22)11-7-16/h6-14H,3-5H2,1-2H3,(H,23,26). The highest BCUT2D eigenvalue weighted by Crippen LogP contribution is 2.20. The monoisotopic (exact) mass is 383 g/mol. The smallest absolute Gasteiger partial charge is 0.226 e. The Labute approximate surface area is 163 Å².